The molecule has 1 unspecified atom stereocenters. The second-order valence-electron chi connectivity index (χ2n) is 6.83. The van der Waals surface area contributed by atoms with Gasteiger partial charge in [0.2, 0.25) is 0 Å². The minimum absolute atomic E-state index is 0.00477. The molecule has 3 aromatic rings. The quantitative estimate of drug-likeness (QED) is 0.607. The minimum Gasteiger partial charge on any atom is -0.489 e. The summed E-state index contributed by atoms with van der Waals surface area (Å²) in [7, 11) is 0. The number of hydrogen-bond donors (Lipinski definition) is 2. The molecule has 0 fully saturated rings. The van der Waals surface area contributed by atoms with Crippen LogP contribution in [0.4, 0.5) is 0 Å². The molecule has 2 aromatic carbocycles. The predicted molar refractivity (Wildman–Crippen MR) is 113 cm³/mol. The number of benzene rings is 2. The van der Waals surface area contributed by atoms with Gasteiger partial charge in [-0.15, -0.1) is 11.3 Å². The first kappa shape index (κ1) is 20.0. The maximum absolute atomic E-state index is 12.2. The van der Waals surface area contributed by atoms with Gasteiger partial charge >= 0.3 is 0 Å². The van der Waals surface area contributed by atoms with E-state index >= 15 is 0 Å². The molecule has 1 heterocycles. The van der Waals surface area contributed by atoms with Crippen LogP contribution in [0.5, 0.6) is 5.75 Å². The molecule has 1 aromatic heterocycles. The van der Waals surface area contributed by atoms with Crippen molar-refractivity contribution in [3.63, 3.8) is 0 Å². The van der Waals surface area contributed by atoms with Gasteiger partial charge in [0, 0.05) is 18.0 Å². The van der Waals surface area contributed by atoms with Crippen molar-refractivity contribution in [2.24, 2.45) is 5.73 Å². The van der Waals surface area contributed by atoms with E-state index in [1.54, 1.807) is 5.38 Å². The third-order valence-corrected chi connectivity index (χ3v) is 5.20. The van der Waals surface area contributed by atoms with Gasteiger partial charge in [0.05, 0.1) is 0 Å². The van der Waals surface area contributed by atoms with Crippen LogP contribution < -0.4 is 15.8 Å². The van der Waals surface area contributed by atoms with E-state index in [0.717, 1.165) is 28.3 Å². The second kappa shape index (κ2) is 9.48. The maximum Gasteiger partial charge on any atom is 0.270 e. The molecule has 0 aliphatic rings. The number of aryl methyl sites for hydroxylation is 1. The fourth-order valence-corrected chi connectivity index (χ4v) is 3.44. The third kappa shape index (κ3) is 5.65. The summed E-state index contributed by atoms with van der Waals surface area (Å²) in [5.74, 6) is 0.666. The maximum atomic E-state index is 12.2. The summed E-state index contributed by atoms with van der Waals surface area (Å²) in [5.41, 5.74) is 9.49. The summed E-state index contributed by atoms with van der Waals surface area (Å²) in [4.78, 5) is 16.5. The monoisotopic (exact) mass is 395 g/mol. The Hall–Kier alpha value is -2.70. The van der Waals surface area contributed by atoms with E-state index in [4.69, 9.17) is 10.5 Å². The van der Waals surface area contributed by atoms with Crippen molar-refractivity contribution >= 4 is 17.2 Å². The number of nitrogens with one attached hydrogen (secondary N) is 1. The van der Waals surface area contributed by atoms with Crippen LogP contribution in [0, 0.1) is 6.92 Å². The van der Waals surface area contributed by atoms with Gasteiger partial charge in [-0.1, -0.05) is 42.0 Å². The highest BCUT2D eigenvalue weighted by Crippen LogP contribution is 2.16. The highest BCUT2D eigenvalue weighted by atomic mass is 32.1. The van der Waals surface area contributed by atoms with Crippen LogP contribution in [0.15, 0.2) is 53.9 Å². The zero-order chi connectivity index (χ0) is 19.9. The molecule has 1 amide bonds. The van der Waals surface area contributed by atoms with Crippen LogP contribution in [0.2, 0.25) is 0 Å². The van der Waals surface area contributed by atoms with Crippen LogP contribution in [0.1, 0.15) is 39.1 Å². The number of carbonyl (C=O) groups excluding carboxylic acids is 1. The molecule has 0 aliphatic heterocycles. The fourth-order valence-electron chi connectivity index (χ4n) is 2.78. The average Bonchev–Trinajstić information content (AvgIpc) is 3.18. The van der Waals surface area contributed by atoms with E-state index in [9.17, 15) is 4.79 Å². The molecule has 0 bridgehead atoms. The summed E-state index contributed by atoms with van der Waals surface area (Å²) < 4.78 is 5.84. The summed E-state index contributed by atoms with van der Waals surface area (Å²) in [6, 6.07) is 16.3. The van der Waals surface area contributed by atoms with Crippen molar-refractivity contribution in [3.05, 3.63) is 81.3 Å². The number of nitrogens with two attached hydrogens (primary N) is 1. The van der Waals surface area contributed by atoms with Crippen molar-refractivity contribution in [2.45, 2.75) is 39.5 Å². The normalized spacial score (nSPS) is 11.8. The van der Waals surface area contributed by atoms with E-state index in [1.807, 2.05) is 31.2 Å². The number of amides is 1. The van der Waals surface area contributed by atoms with Gasteiger partial charge in [-0.05, 0) is 43.5 Å². The van der Waals surface area contributed by atoms with E-state index in [-0.39, 0.29) is 11.9 Å². The van der Waals surface area contributed by atoms with Crippen LogP contribution in [0.3, 0.4) is 0 Å². The molecular weight excluding hydrogens is 370 g/mol. The van der Waals surface area contributed by atoms with Crippen LogP contribution in [-0.2, 0) is 19.6 Å². The molecule has 146 valence electrons. The van der Waals surface area contributed by atoms with Gasteiger partial charge < -0.3 is 15.8 Å². The smallest absolute Gasteiger partial charge is 0.270 e. The minimum atomic E-state index is -0.165. The lowest BCUT2D eigenvalue weighted by Crippen LogP contribution is -2.34. The molecular formula is C22H25N3O2S. The molecule has 28 heavy (non-hydrogen) atoms. The molecule has 3 rings (SSSR count). The molecule has 0 radical (unpaired) electrons. The number of aromatic nitrogens is 1. The number of rotatable bonds is 8. The van der Waals surface area contributed by atoms with Gasteiger partial charge in [-0.25, -0.2) is 4.98 Å². The predicted octanol–water partition coefficient (Wildman–Crippen LogP) is 3.85. The molecule has 5 nitrogen and oxygen atoms in total. The highest BCUT2D eigenvalue weighted by molar-refractivity contribution is 7.09. The average molecular weight is 396 g/mol. The first-order chi connectivity index (χ1) is 13.5. The van der Waals surface area contributed by atoms with Crippen molar-refractivity contribution in [2.75, 3.05) is 0 Å². The van der Waals surface area contributed by atoms with Crippen LogP contribution >= 0.6 is 11.3 Å². The first-order valence-corrected chi connectivity index (χ1v) is 10.1. The van der Waals surface area contributed by atoms with Gasteiger partial charge in [-0.2, -0.15) is 0 Å². The number of nitrogens with zero attached hydrogens (tertiary/aromatic N) is 1. The van der Waals surface area contributed by atoms with E-state index < -0.39 is 0 Å². The van der Waals surface area contributed by atoms with Gasteiger partial charge in [-0.3, -0.25) is 4.79 Å². The summed E-state index contributed by atoms with van der Waals surface area (Å²) >= 11 is 1.40. The molecule has 0 spiro atoms. The lowest BCUT2D eigenvalue weighted by Gasteiger charge is -2.14. The lowest BCUT2D eigenvalue weighted by atomic mass is 10.1. The number of ether oxygens (including phenoxy) is 1. The van der Waals surface area contributed by atoms with E-state index in [0.29, 0.717) is 18.8 Å². The highest BCUT2D eigenvalue weighted by Gasteiger charge is 2.13. The fraction of sp³-hybridized carbons (Fsp3) is 0.273. The SMILES string of the molecule is Cc1ccc(COc2ccc(CC(C)NC(=O)c3csc(CN)n3)cc2)cc1. The summed E-state index contributed by atoms with van der Waals surface area (Å²) in [5, 5.41) is 5.48. The van der Waals surface area contributed by atoms with Crippen LogP contribution in [-0.4, -0.2) is 16.9 Å². The Bertz CT molecular complexity index is 904. The van der Waals surface area contributed by atoms with E-state index in [1.165, 1.54) is 16.9 Å². The molecule has 0 saturated carbocycles. The van der Waals surface area contributed by atoms with Gasteiger partial charge in [0.25, 0.3) is 5.91 Å². The second-order valence-corrected chi connectivity index (χ2v) is 7.77. The lowest BCUT2D eigenvalue weighted by molar-refractivity contribution is 0.0935. The Morgan fingerprint density at radius 2 is 1.82 bits per heavy atom. The topological polar surface area (TPSA) is 77.2 Å². The van der Waals surface area contributed by atoms with Gasteiger partial charge in [0.1, 0.15) is 23.1 Å². The zero-order valence-electron chi connectivity index (χ0n) is 16.1. The van der Waals surface area contributed by atoms with Crippen LogP contribution in [0.25, 0.3) is 0 Å². The largest absolute Gasteiger partial charge is 0.489 e. The first-order valence-electron chi connectivity index (χ1n) is 9.26. The number of carbonyl (C=O) groups is 1. The zero-order valence-corrected chi connectivity index (χ0v) is 17.0. The molecule has 0 saturated heterocycles. The molecule has 3 N–H and O–H groups in total. The Labute approximate surface area is 169 Å². The Balaban J connectivity index is 1.48. The summed E-state index contributed by atoms with van der Waals surface area (Å²) in [6.45, 7) is 4.95. The summed E-state index contributed by atoms with van der Waals surface area (Å²) in [6.07, 6.45) is 0.734. The Morgan fingerprint density at radius 3 is 2.46 bits per heavy atom. The van der Waals surface area contributed by atoms with Gasteiger partial charge in [0.15, 0.2) is 0 Å². The van der Waals surface area contributed by atoms with E-state index in [2.05, 4.69) is 41.5 Å². The molecule has 0 aliphatic carbocycles. The van der Waals surface area contributed by atoms with Crippen molar-refractivity contribution < 1.29 is 9.53 Å². The standard InChI is InChI=1S/C22H25N3O2S/c1-15-3-5-18(6-4-15)13-27-19-9-7-17(8-10-19)11-16(2)24-22(26)20-14-28-21(12-23)25-20/h3-10,14,16H,11-13,23H2,1-2H3,(H,24,26). The Kier molecular flexibility index (Phi) is 6.79. The Morgan fingerprint density at radius 1 is 1.14 bits per heavy atom. The molecule has 6 heteroatoms. The van der Waals surface area contributed by atoms with Crippen molar-refractivity contribution in [3.8, 4) is 5.75 Å². The van der Waals surface area contributed by atoms with Crippen molar-refractivity contribution in [1.82, 2.24) is 10.3 Å². The number of hydrogen-bond acceptors (Lipinski definition) is 5. The molecule has 1 atom stereocenters. The van der Waals surface area contributed by atoms with Crippen molar-refractivity contribution in [1.29, 1.82) is 0 Å². The number of thiazole rings is 1. The third-order valence-electron chi connectivity index (χ3n) is 4.33.